The number of nitrogens with zero attached hydrogens (tertiary/aromatic N) is 2. The Kier molecular flexibility index (Phi) is 5.80. The summed E-state index contributed by atoms with van der Waals surface area (Å²) in [7, 11) is 3.67. The molecule has 1 amide bonds. The van der Waals surface area contributed by atoms with Gasteiger partial charge >= 0.3 is 0 Å². The number of carbonyl (C=O) groups is 1. The van der Waals surface area contributed by atoms with Crippen LogP contribution in [0.4, 0.5) is 5.82 Å². The fraction of sp³-hybridized carbons (Fsp3) is 0.600. The maximum absolute atomic E-state index is 12.4. The molecule has 0 aliphatic heterocycles. The number of hydrogen-bond donors (Lipinski definition) is 1. The summed E-state index contributed by atoms with van der Waals surface area (Å²) in [5.74, 6) is 1.28. The molecule has 0 unspecified atom stereocenters. The first-order valence-corrected chi connectivity index (χ1v) is 6.92. The third-order valence-corrected chi connectivity index (χ3v) is 2.87. The van der Waals surface area contributed by atoms with Gasteiger partial charge in [-0.1, -0.05) is 27.2 Å². The van der Waals surface area contributed by atoms with Gasteiger partial charge in [0.2, 0.25) is 0 Å². The van der Waals surface area contributed by atoms with Crippen molar-refractivity contribution in [2.45, 2.75) is 33.6 Å². The number of carbonyl (C=O) groups excluding carboxylic acids is 1. The van der Waals surface area contributed by atoms with Crippen molar-refractivity contribution >= 4 is 11.7 Å². The molecule has 1 N–H and O–H groups in total. The summed E-state index contributed by atoms with van der Waals surface area (Å²) in [6.07, 6.45) is 1.92. The van der Waals surface area contributed by atoms with Crippen LogP contribution in [0.1, 0.15) is 43.2 Å². The molecule has 1 aromatic rings. The number of aryl methyl sites for hydroxylation is 1. The molecule has 19 heavy (non-hydrogen) atoms. The summed E-state index contributed by atoms with van der Waals surface area (Å²) in [6, 6.07) is 3.72. The second-order valence-electron chi connectivity index (χ2n) is 5.31. The number of anilines is 1. The second-order valence-corrected chi connectivity index (χ2v) is 5.31. The van der Waals surface area contributed by atoms with Gasteiger partial charge in [-0.15, -0.1) is 0 Å². The Balaban J connectivity index is 2.97. The van der Waals surface area contributed by atoms with E-state index in [4.69, 9.17) is 0 Å². The van der Waals surface area contributed by atoms with E-state index < -0.39 is 0 Å². The number of aromatic nitrogens is 1. The summed E-state index contributed by atoms with van der Waals surface area (Å²) in [5, 5.41) is 3.02. The van der Waals surface area contributed by atoms with Crippen molar-refractivity contribution in [1.82, 2.24) is 9.88 Å². The fourth-order valence-electron chi connectivity index (χ4n) is 2.07. The largest absolute Gasteiger partial charge is 0.373 e. The number of pyridine rings is 1. The summed E-state index contributed by atoms with van der Waals surface area (Å²) < 4.78 is 0. The average Bonchev–Trinajstić information content (AvgIpc) is 2.37. The highest BCUT2D eigenvalue weighted by Gasteiger charge is 2.14. The Hall–Kier alpha value is -1.58. The van der Waals surface area contributed by atoms with E-state index in [0.717, 1.165) is 30.9 Å². The molecule has 0 bridgehead atoms. The first-order chi connectivity index (χ1) is 8.97. The zero-order chi connectivity index (χ0) is 14.4. The second kappa shape index (κ2) is 7.12. The molecule has 0 spiro atoms. The summed E-state index contributed by atoms with van der Waals surface area (Å²) in [6.45, 7) is 7.09. The van der Waals surface area contributed by atoms with Crippen LogP contribution in [-0.4, -0.2) is 36.4 Å². The van der Waals surface area contributed by atoms with Crippen molar-refractivity contribution in [2.75, 3.05) is 26.0 Å². The van der Waals surface area contributed by atoms with Gasteiger partial charge in [-0.05, 0) is 24.5 Å². The maximum atomic E-state index is 12.4. The molecule has 106 valence electrons. The standard InChI is InChI=1S/C15H25N3O/c1-6-7-13-8-12(9-14(16-4)17-13)15(19)18(5)10-11(2)3/h8-9,11H,6-7,10H2,1-5H3,(H,16,17). The van der Waals surface area contributed by atoms with Crippen LogP contribution in [0, 0.1) is 5.92 Å². The molecule has 0 atom stereocenters. The van der Waals surface area contributed by atoms with Gasteiger partial charge < -0.3 is 10.2 Å². The lowest BCUT2D eigenvalue weighted by atomic mass is 10.1. The minimum absolute atomic E-state index is 0.0601. The van der Waals surface area contributed by atoms with Gasteiger partial charge in [0.25, 0.3) is 5.91 Å². The molecular weight excluding hydrogens is 238 g/mol. The molecule has 0 aliphatic rings. The first-order valence-electron chi connectivity index (χ1n) is 6.92. The average molecular weight is 263 g/mol. The van der Waals surface area contributed by atoms with Gasteiger partial charge in [0.1, 0.15) is 5.82 Å². The lowest BCUT2D eigenvalue weighted by Crippen LogP contribution is -2.30. The Morgan fingerprint density at radius 1 is 1.42 bits per heavy atom. The molecule has 1 heterocycles. The molecule has 0 fully saturated rings. The van der Waals surface area contributed by atoms with Gasteiger partial charge in [0, 0.05) is 31.9 Å². The number of hydrogen-bond acceptors (Lipinski definition) is 3. The number of amides is 1. The molecule has 1 aromatic heterocycles. The normalized spacial score (nSPS) is 10.6. The molecule has 0 radical (unpaired) electrons. The topological polar surface area (TPSA) is 45.2 Å². The van der Waals surface area contributed by atoms with Crippen LogP contribution < -0.4 is 5.32 Å². The summed E-state index contributed by atoms with van der Waals surface area (Å²) in [5.41, 5.74) is 1.68. The van der Waals surface area contributed by atoms with Crippen LogP contribution in [-0.2, 0) is 6.42 Å². The maximum Gasteiger partial charge on any atom is 0.253 e. The van der Waals surface area contributed by atoms with Crippen LogP contribution in [0.5, 0.6) is 0 Å². The fourth-order valence-corrected chi connectivity index (χ4v) is 2.07. The van der Waals surface area contributed by atoms with Crippen molar-refractivity contribution in [3.05, 3.63) is 23.4 Å². The van der Waals surface area contributed by atoms with Crippen molar-refractivity contribution in [1.29, 1.82) is 0 Å². The smallest absolute Gasteiger partial charge is 0.253 e. The van der Waals surface area contributed by atoms with Gasteiger partial charge in [-0.2, -0.15) is 0 Å². The minimum atomic E-state index is 0.0601. The SMILES string of the molecule is CCCc1cc(C(=O)N(C)CC(C)C)cc(NC)n1. The third-order valence-electron chi connectivity index (χ3n) is 2.87. The van der Waals surface area contributed by atoms with E-state index in [-0.39, 0.29) is 5.91 Å². The van der Waals surface area contributed by atoms with Crippen LogP contribution in [0.15, 0.2) is 12.1 Å². The predicted molar refractivity (Wildman–Crippen MR) is 79.6 cm³/mol. The van der Waals surface area contributed by atoms with Crippen molar-refractivity contribution < 1.29 is 4.79 Å². The highest BCUT2D eigenvalue weighted by Crippen LogP contribution is 2.14. The molecule has 1 rings (SSSR count). The van der Waals surface area contributed by atoms with E-state index >= 15 is 0 Å². The van der Waals surface area contributed by atoms with E-state index in [0.29, 0.717) is 11.5 Å². The van der Waals surface area contributed by atoms with Crippen LogP contribution in [0.25, 0.3) is 0 Å². The van der Waals surface area contributed by atoms with E-state index in [9.17, 15) is 4.79 Å². The minimum Gasteiger partial charge on any atom is -0.373 e. The van der Waals surface area contributed by atoms with E-state index in [1.165, 1.54) is 0 Å². The van der Waals surface area contributed by atoms with Gasteiger partial charge in [0.15, 0.2) is 0 Å². The van der Waals surface area contributed by atoms with E-state index in [1.807, 2.05) is 26.2 Å². The van der Waals surface area contributed by atoms with Crippen LogP contribution in [0.2, 0.25) is 0 Å². The molecule has 0 saturated heterocycles. The zero-order valence-corrected chi connectivity index (χ0v) is 12.7. The van der Waals surface area contributed by atoms with Gasteiger partial charge in [-0.25, -0.2) is 4.98 Å². The lowest BCUT2D eigenvalue weighted by Gasteiger charge is -2.20. The summed E-state index contributed by atoms with van der Waals surface area (Å²) >= 11 is 0. The number of rotatable bonds is 6. The highest BCUT2D eigenvalue weighted by molar-refractivity contribution is 5.94. The first kappa shape index (κ1) is 15.5. The molecule has 0 aromatic carbocycles. The van der Waals surface area contributed by atoms with Crippen molar-refractivity contribution in [3.63, 3.8) is 0 Å². The van der Waals surface area contributed by atoms with Gasteiger partial charge in [0.05, 0.1) is 0 Å². The van der Waals surface area contributed by atoms with Crippen LogP contribution >= 0.6 is 0 Å². The number of nitrogens with one attached hydrogen (secondary N) is 1. The predicted octanol–water partition coefficient (Wildman–Crippen LogP) is 2.80. The van der Waals surface area contributed by atoms with Crippen molar-refractivity contribution in [2.24, 2.45) is 5.92 Å². The molecule has 0 aliphatic carbocycles. The molecule has 4 heteroatoms. The zero-order valence-electron chi connectivity index (χ0n) is 12.7. The van der Waals surface area contributed by atoms with Gasteiger partial charge in [-0.3, -0.25) is 4.79 Å². The Morgan fingerprint density at radius 2 is 2.11 bits per heavy atom. The highest BCUT2D eigenvalue weighted by atomic mass is 16.2. The quantitative estimate of drug-likeness (QED) is 0.858. The lowest BCUT2D eigenvalue weighted by molar-refractivity contribution is 0.0779. The van der Waals surface area contributed by atoms with Crippen molar-refractivity contribution in [3.8, 4) is 0 Å². The Morgan fingerprint density at radius 3 is 2.63 bits per heavy atom. The van der Waals surface area contributed by atoms with Crippen LogP contribution in [0.3, 0.4) is 0 Å². The Bertz CT molecular complexity index is 429. The monoisotopic (exact) mass is 263 g/mol. The molecule has 4 nitrogen and oxygen atoms in total. The Labute approximate surface area is 116 Å². The third kappa shape index (κ3) is 4.54. The van der Waals surface area contributed by atoms with E-state index in [2.05, 4.69) is 31.1 Å². The van der Waals surface area contributed by atoms with E-state index in [1.54, 1.807) is 4.90 Å². The molecule has 0 saturated carbocycles. The summed E-state index contributed by atoms with van der Waals surface area (Å²) in [4.78, 5) is 18.6. The molecular formula is C15H25N3O.